The van der Waals surface area contributed by atoms with Crippen molar-refractivity contribution in [2.24, 2.45) is 16.2 Å². The van der Waals surface area contributed by atoms with Crippen LogP contribution in [0.25, 0.3) is 0 Å². The van der Waals surface area contributed by atoms with Gasteiger partial charge in [0.25, 0.3) is 0 Å². The zero-order chi connectivity index (χ0) is 19.4. The van der Waals surface area contributed by atoms with E-state index in [1.54, 1.807) is 0 Å². The minimum absolute atomic E-state index is 0.00464. The Hall–Kier alpha value is -1.10. The Morgan fingerprint density at radius 3 is 1.83 bits per heavy atom. The van der Waals surface area contributed by atoms with Crippen LogP contribution in [0.2, 0.25) is 0 Å². The van der Waals surface area contributed by atoms with Gasteiger partial charge in [0.15, 0.2) is 0 Å². The molecule has 0 spiro atoms. The highest BCUT2D eigenvalue weighted by atomic mass is 16.5. The lowest BCUT2D eigenvalue weighted by atomic mass is 9.61. The maximum atomic E-state index is 12.8. The summed E-state index contributed by atoms with van der Waals surface area (Å²) in [6.07, 6.45) is 0.746. The number of carbonyl (C=O) groups excluding carboxylic acids is 2. The summed E-state index contributed by atoms with van der Waals surface area (Å²) in [5, 5.41) is 10.6. The quantitative estimate of drug-likeness (QED) is 0.501. The van der Waals surface area contributed by atoms with E-state index in [2.05, 4.69) is 41.5 Å². The largest absolute Gasteiger partial charge is 0.550 e. The van der Waals surface area contributed by atoms with Crippen molar-refractivity contribution in [2.45, 2.75) is 61.3 Å². The van der Waals surface area contributed by atoms with Gasteiger partial charge in [-0.2, -0.15) is 0 Å². The number of quaternary nitrogens is 1. The molecule has 0 saturated heterocycles. The Labute approximate surface area is 148 Å². The number of esters is 1. The lowest BCUT2D eigenvalue weighted by Crippen LogP contribution is -2.47. The molecule has 142 valence electrons. The molecule has 0 aliphatic rings. The molecule has 1 atom stereocenters. The molecule has 0 aliphatic heterocycles. The van der Waals surface area contributed by atoms with E-state index < -0.39 is 11.4 Å². The molecule has 0 saturated carbocycles. The molecule has 0 aliphatic carbocycles. The van der Waals surface area contributed by atoms with Gasteiger partial charge in [-0.15, -0.1) is 0 Å². The third-order valence-corrected chi connectivity index (χ3v) is 4.84. The predicted octanol–water partition coefficient (Wildman–Crippen LogP) is 2.23. The van der Waals surface area contributed by atoms with E-state index in [0.29, 0.717) is 17.6 Å². The van der Waals surface area contributed by atoms with E-state index in [0.717, 1.165) is 6.42 Å². The number of hydrogen-bond donors (Lipinski definition) is 0. The molecule has 0 bridgehead atoms. The summed E-state index contributed by atoms with van der Waals surface area (Å²) in [7, 11) is 3.85. The summed E-state index contributed by atoms with van der Waals surface area (Å²) in [5.74, 6) is -1.23. The van der Waals surface area contributed by atoms with Gasteiger partial charge in [-0.05, 0) is 24.2 Å². The minimum atomic E-state index is -1.05. The first-order valence-corrected chi connectivity index (χ1v) is 8.69. The van der Waals surface area contributed by atoms with E-state index in [9.17, 15) is 14.7 Å². The molecule has 0 rings (SSSR count). The first-order valence-electron chi connectivity index (χ1n) is 8.69. The Morgan fingerprint density at radius 1 is 0.958 bits per heavy atom. The highest BCUT2D eigenvalue weighted by Gasteiger charge is 2.47. The Morgan fingerprint density at radius 2 is 1.46 bits per heavy atom. The third-order valence-electron chi connectivity index (χ3n) is 4.84. The van der Waals surface area contributed by atoms with Crippen LogP contribution >= 0.6 is 0 Å². The number of carboxylic acid groups (broad SMARTS) is 1. The first-order chi connectivity index (χ1) is 10.5. The average molecular weight is 344 g/mol. The van der Waals surface area contributed by atoms with Gasteiger partial charge in [-0.3, -0.25) is 4.79 Å². The third kappa shape index (κ3) is 7.65. The van der Waals surface area contributed by atoms with Crippen LogP contribution in [-0.2, 0) is 14.3 Å². The Balaban J connectivity index is 4.84. The van der Waals surface area contributed by atoms with E-state index in [1.807, 2.05) is 21.0 Å². The molecule has 0 fully saturated rings. The van der Waals surface area contributed by atoms with Gasteiger partial charge in [0.2, 0.25) is 0 Å². The summed E-state index contributed by atoms with van der Waals surface area (Å²) < 4.78 is 6.08. The van der Waals surface area contributed by atoms with Crippen molar-refractivity contribution in [1.29, 1.82) is 0 Å². The normalized spacial score (nSPS) is 15.7. The number of rotatable bonds is 8. The molecule has 0 aromatic rings. The van der Waals surface area contributed by atoms with E-state index in [-0.39, 0.29) is 29.8 Å². The van der Waals surface area contributed by atoms with Gasteiger partial charge in [0, 0.05) is 12.4 Å². The molecule has 0 aromatic heterocycles. The number of aliphatic carboxylic acids is 1. The topological polar surface area (TPSA) is 66.4 Å². The Bertz CT molecular complexity index is 443. The average Bonchev–Trinajstić information content (AvgIpc) is 2.32. The summed E-state index contributed by atoms with van der Waals surface area (Å²) >= 11 is 0. The second-order valence-electron chi connectivity index (χ2n) is 9.96. The number of carboxylic acids is 1. The van der Waals surface area contributed by atoms with Gasteiger partial charge in [0.05, 0.1) is 26.1 Å². The highest BCUT2D eigenvalue weighted by Crippen LogP contribution is 2.47. The van der Waals surface area contributed by atoms with Crippen molar-refractivity contribution in [3.05, 3.63) is 0 Å². The highest BCUT2D eigenvalue weighted by molar-refractivity contribution is 5.77. The molecule has 0 aromatic carbocycles. The maximum Gasteiger partial charge on any atom is 0.312 e. The fraction of sp³-hybridized carbons (Fsp3) is 0.895. The van der Waals surface area contributed by atoms with Crippen molar-refractivity contribution < 1.29 is 23.9 Å². The smallest absolute Gasteiger partial charge is 0.312 e. The van der Waals surface area contributed by atoms with Crippen LogP contribution in [0.5, 0.6) is 0 Å². The molecule has 24 heavy (non-hydrogen) atoms. The number of hydrogen-bond acceptors (Lipinski definition) is 4. The lowest BCUT2D eigenvalue weighted by Gasteiger charge is -2.43. The Kier molecular flexibility index (Phi) is 7.49. The first kappa shape index (κ1) is 22.9. The monoisotopic (exact) mass is 343 g/mol. The summed E-state index contributed by atoms with van der Waals surface area (Å²) in [6.45, 7) is 15.9. The molecule has 0 radical (unpaired) electrons. The van der Waals surface area contributed by atoms with Crippen molar-refractivity contribution in [2.75, 3.05) is 33.8 Å². The molecule has 5 heteroatoms. The van der Waals surface area contributed by atoms with Crippen molar-refractivity contribution in [3.8, 4) is 0 Å². The van der Waals surface area contributed by atoms with Gasteiger partial charge < -0.3 is 19.1 Å². The van der Waals surface area contributed by atoms with Crippen LogP contribution < -0.4 is 5.11 Å². The van der Waals surface area contributed by atoms with E-state index in [1.165, 1.54) is 0 Å². The molecule has 1 unspecified atom stereocenters. The zero-order valence-corrected chi connectivity index (χ0v) is 17.1. The summed E-state index contributed by atoms with van der Waals surface area (Å²) in [5.41, 5.74) is -0.769. The van der Waals surface area contributed by atoms with Crippen LogP contribution in [0.4, 0.5) is 0 Å². The lowest BCUT2D eigenvalue weighted by molar-refractivity contribution is -0.890. The van der Waals surface area contributed by atoms with Gasteiger partial charge in [-0.1, -0.05) is 41.5 Å². The molecular weight excluding hydrogens is 306 g/mol. The summed E-state index contributed by atoms with van der Waals surface area (Å²) in [4.78, 5) is 23.4. The van der Waals surface area contributed by atoms with Gasteiger partial charge >= 0.3 is 5.97 Å². The molecule has 0 N–H and O–H groups in total. The second-order valence-corrected chi connectivity index (χ2v) is 9.96. The van der Waals surface area contributed by atoms with Crippen molar-refractivity contribution >= 4 is 11.9 Å². The van der Waals surface area contributed by atoms with Crippen LogP contribution in [0.1, 0.15) is 61.3 Å². The molecule has 0 amide bonds. The van der Waals surface area contributed by atoms with Crippen LogP contribution in [-0.4, -0.2) is 50.2 Å². The van der Waals surface area contributed by atoms with Crippen LogP contribution in [0, 0.1) is 16.2 Å². The number of likely N-dealkylation sites (N-methyl/N-ethyl adjacent to an activating group) is 1. The van der Waals surface area contributed by atoms with E-state index in [4.69, 9.17) is 4.74 Å². The zero-order valence-electron chi connectivity index (χ0n) is 17.1. The maximum absolute atomic E-state index is 12.8. The SMILES string of the molecule is CC(C)(C)CC(C)(C(=O)OCC[N+](C)(C)CCC(=O)[O-])C(C)(C)C. The van der Waals surface area contributed by atoms with Gasteiger partial charge in [0.1, 0.15) is 13.2 Å². The second kappa shape index (κ2) is 7.85. The standard InChI is InChI=1S/C19H37NO4/c1-17(2,3)14-19(7,18(4,5)6)16(23)24-13-12-20(8,9)11-10-15(21)22/h10-14H2,1-9H3. The fourth-order valence-electron chi connectivity index (χ4n) is 2.75. The number of carbonyl (C=O) groups is 2. The van der Waals surface area contributed by atoms with Crippen molar-refractivity contribution in [3.63, 3.8) is 0 Å². The predicted molar refractivity (Wildman–Crippen MR) is 94.1 cm³/mol. The molecule has 0 heterocycles. The van der Waals surface area contributed by atoms with Crippen LogP contribution in [0.3, 0.4) is 0 Å². The van der Waals surface area contributed by atoms with Crippen LogP contribution in [0.15, 0.2) is 0 Å². The minimum Gasteiger partial charge on any atom is -0.550 e. The van der Waals surface area contributed by atoms with E-state index >= 15 is 0 Å². The fourth-order valence-corrected chi connectivity index (χ4v) is 2.75. The summed E-state index contributed by atoms with van der Waals surface area (Å²) in [6, 6.07) is 0. The number of ether oxygens (including phenoxy) is 1. The number of nitrogens with zero attached hydrogens (tertiary/aromatic N) is 1. The molecule has 5 nitrogen and oxygen atoms in total. The van der Waals surface area contributed by atoms with Gasteiger partial charge in [-0.25, -0.2) is 0 Å². The molecular formula is C19H37NO4. The van der Waals surface area contributed by atoms with Crippen molar-refractivity contribution in [1.82, 2.24) is 0 Å².